The van der Waals surface area contributed by atoms with E-state index in [0.29, 0.717) is 24.3 Å². The Morgan fingerprint density at radius 3 is 2.77 bits per heavy atom. The van der Waals surface area contributed by atoms with Gasteiger partial charge in [-0.1, -0.05) is 28.1 Å². The third-order valence-corrected chi connectivity index (χ3v) is 3.79. The molecule has 22 heavy (non-hydrogen) atoms. The fourth-order valence-corrected chi connectivity index (χ4v) is 2.44. The number of carbonyl (C=O) groups excluding carboxylic acids is 1. The summed E-state index contributed by atoms with van der Waals surface area (Å²) < 4.78 is 2.71. The molecule has 0 spiro atoms. The van der Waals surface area contributed by atoms with E-state index >= 15 is 0 Å². The molecule has 0 aliphatic heterocycles. The molecule has 0 bridgehead atoms. The SMILES string of the molecule is O=C(Cc1ccc(Br)cc1)NCc1cn2cccc(O)c2n1. The molecule has 3 rings (SSSR count). The molecule has 2 heterocycles. The van der Waals surface area contributed by atoms with E-state index < -0.39 is 0 Å². The number of imidazole rings is 1. The maximum absolute atomic E-state index is 11.9. The number of hydrogen-bond acceptors (Lipinski definition) is 3. The summed E-state index contributed by atoms with van der Waals surface area (Å²) >= 11 is 3.36. The number of hydrogen-bond donors (Lipinski definition) is 2. The lowest BCUT2D eigenvalue weighted by Gasteiger charge is -2.03. The molecule has 1 amide bonds. The Hall–Kier alpha value is -2.34. The second-order valence-corrected chi connectivity index (χ2v) is 5.85. The molecule has 0 radical (unpaired) electrons. The minimum atomic E-state index is -0.0661. The first-order valence-corrected chi connectivity index (χ1v) is 7.58. The van der Waals surface area contributed by atoms with Crippen LogP contribution in [0.4, 0.5) is 0 Å². The second kappa shape index (κ2) is 6.19. The Kier molecular flexibility index (Phi) is 4.11. The molecule has 0 aliphatic rings. The molecule has 3 aromatic rings. The first-order valence-electron chi connectivity index (χ1n) is 6.78. The molecule has 2 N–H and O–H groups in total. The molecule has 0 saturated carbocycles. The quantitative estimate of drug-likeness (QED) is 0.752. The summed E-state index contributed by atoms with van der Waals surface area (Å²) in [5, 5.41) is 12.5. The van der Waals surface area contributed by atoms with Crippen LogP contribution in [0.3, 0.4) is 0 Å². The molecule has 6 heteroatoms. The van der Waals surface area contributed by atoms with Gasteiger partial charge in [-0.2, -0.15) is 0 Å². The zero-order valence-electron chi connectivity index (χ0n) is 11.7. The van der Waals surface area contributed by atoms with Gasteiger partial charge in [-0.25, -0.2) is 4.98 Å². The van der Waals surface area contributed by atoms with Crippen LogP contribution in [-0.2, 0) is 17.8 Å². The second-order valence-electron chi connectivity index (χ2n) is 4.94. The third-order valence-electron chi connectivity index (χ3n) is 3.26. The number of benzene rings is 1. The van der Waals surface area contributed by atoms with Crippen LogP contribution < -0.4 is 5.32 Å². The lowest BCUT2D eigenvalue weighted by atomic mass is 10.1. The Labute approximate surface area is 135 Å². The number of rotatable bonds is 4. The average Bonchev–Trinajstić information content (AvgIpc) is 2.92. The zero-order chi connectivity index (χ0) is 15.5. The minimum absolute atomic E-state index is 0.0661. The molecule has 112 valence electrons. The molecule has 5 nitrogen and oxygen atoms in total. The summed E-state index contributed by atoms with van der Waals surface area (Å²) in [5.41, 5.74) is 2.14. The molecule has 0 aliphatic carbocycles. The number of nitrogens with one attached hydrogen (secondary N) is 1. The van der Waals surface area contributed by atoms with Crippen molar-refractivity contribution in [2.24, 2.45) is 0 Å². The number of fused-ring (bicyclic) bond motifs is 1. The van der Waals surface area contributed by atoms with Gasteiger partial charge in [-0.05, 0) is 29.8 Å². The summed E-state index contributed by atoms with van der Waals surface area (Å²) in [5.74, 6) is 0.0542. The number of amides is 1. The van der Waals surface area contributed by atoms with Crippen molar-refractivity contribution in [2.75, 3.05) is 0 Å². The van der Waals surface area contributed by atoms with Crippen LogP contribution in [0.5, 0.6) is 5.75 Å². The smallest absolute Gasteiger partial charge is 0.224 e. The fourth-order valence-electron chi connectivity index (χ4n) is 2.17. The van der Waals surface area contributed by atoms with Gasteiger partial charge in [-0.3, -0.25) is 4.79 Å². The van der Waals surface area contributed by atoms with Crippen molar-refractivity contribution in [1.82, 2.24) is 14.7 Å². The van der Waals surface area contributed by atoms with E-state index in [1.807, 2.05) is 24.3 Å². The normalized spacial score (nSPS) is 10.8. The van der Waals surface area contributed by atoms with Crippen molar-refractivity contribution in [3.63, 3.8) is 0 Å². The Morgan fingerprint density at radius 2 is 2.05 bits per heavy atom. The van der Waals surface area contributed by atoms with Gasteiger partial charge in [0.2, 0.25) is 5.91 Å². The largest absolute Gasteiger partial charge is 0.504 e. The monoisotopic (exact) mass is 359 g/mol. The summed E-state index contributed by atoms with van der Waals surface area (Å²) in [7, 11) is 0. The maximum atomic E-state index is 11.9. The van der Waals surface area contributed by atoms with E-state index in [1.54, 1.807) is 28.9 Å². The number of aromatic hydroxyl groups is 1. The van der Waals surface area contributed by atoms with Gasteiger partial charge in [0, 0.05) is 16.9 Å². The van der Waals surface area contributed by atoms with Crippen molar-refractivity contribution in [1.29, 1.82) is 0 Å². The van der Waals surface area contributed by atoms with E-state index in [4.69, 9.17) is 0 Å². The Bertz CT molecular complexity index is 812. The van der Waals surface area contributed by atoms with E-state index in [0.717, 1.165) is 10.0 Å². The standard InChI is InChI=1S/C16H14BrN3O2/c17-12-5-3-11(4-6-12)8-15(22)18-9-13-10-20-7-1-2-14(21)16(20)19-13/h1-7,10,21H,8-9H2,(H,18,22). The maximum Gasteiger partial charge on any atom is 0.224 e. The highest BCUT2D eigenvalue weighted by Crippen LogP contribution is 2.16. The van der Waals surface area contributed by atoms with Crippen LogP contribution in [0.25, 0.3) is 5.65 Å². The molecule has 0 fully saturated rings. The summed E-state index contributed by atoms with van der Waals surface area (Å²) in [6.07, 6.45) is 3.91. The number of carbonyl (C=O) groups is 1. The highest BCUT2D eigenvalue weighted by atomic mass is 79.9. The van der Waals surface area contributed by atoms with Crippen molar-refractivity contribution in [3.05, 3.63) is 64.5 Å². The number of aromatic nitrogens is 2. The first-order chi connectivity index (χ1) is 10.6. The van der Waals surface area contributed by atoms with Gasteiger partial charge in [0.25, 0.3) is 0 Å². The van der Waals surface area contributed by atoms with Gasteiger partial charge in [0.15, 0.2) is 11.4 Å². The van der Waals surface area contributed by atoms with E-state index in [-0.39, 0.29) is 11.7 Å². The van der Waals surface area contributed by atoms with Crippen molar-refractivity contribution >= 4 is 27.5 Å². The first kappa shape index (κ1) is 14.6. The van der Waals surface area contributed by atoms with Crippen molar-refractivity contribution in [3.8, 4) is 5.75 Å². The third kappa shape index (κ3) is 3.28. The van der Waals surface area contributed by atoms with Crippen LogP contribution in [0.1, 0.15) is 11.3 Å². The van der Waals surface area contributed by atoms with Crippen molar-refractivity contribution < 1.29 is 9.90 Å². The molecule has 0 unspecified atom stereocenters. The van der Waals surface area contributed by atoms with E-state index in [9.17, 15) is 9.90 Å². The summed E-state index contributed by atoms with van der Waals surface area (Å²) in [6, 6.07) is 11.0. The van der Waals surface area contributed by atoms with Gasteiger partial charge < -0.3 is 14.8 Å². The molecular weight excluding hydrogens is 346 g/mol. The van der Waals surface area contributed by atoms with Crippen LogP contribution in [0, 0.1) is 0 Å². The van der Waals surface area contributed by atoms with E-state index in [2.05, 4.69) is 26.2 Å². The molecule has 0 saturated heterocycles. The molecular formula is C16H14BrN3O2. The molecule has 0 atom stereocenters. The lowest BCUT2D eigenvalue weighted by Crippen LogP contribution is -2.24. The number of halogens is 1. The van der Waals surface area contributed by atoms with Crippen molar-refractivity contribution in [2.45, 2.75) is 13.0 Å². The Balaban J connectivity index is 1.62. The summed E-state index contributed by atoms with van der Waals surface area (Å²) in [4.78, 5) is 16.2. The van der Waals surface area contributed by atoms with Gasteiger partial charge >= 0.3 is 0 Å². The molecule has 1 aromatic carbocycles. The van der Waals surface area contributed by atoms with Crippen LogP contribution in [-0.4, -0.2) is 20.4 Å². The summed E-state index contributed by atoms with van der Waals surface area (Å²) in [6.45, 7) is 0.330. The van der Waals surface area contributed by atoms with Crippen LogP contribution in [0.2, 0.25) is 0 Å². The number of nitrogens with zero attached hydrogens (tertiary/aromatic N) is 2. The minimum Gasteiger partial charge on any atom is -0.504 e. The highest BCUT2D eigenvalue weighted by molar-refractivity contribution is 9.10. The number of pyridine rings is 1. The highest BCUT2D eigenvalue weighted by Gasteiger charge is 2.07. The van der Waals surface area contributed by atoms with E-state index in [1.165, 1.54) is 0 Å². The predicted molar refractivity (Wildman–Crippen MR) is 86.5 cm³/mol. The fraction of sp³-hybridized carbons (Fsp3) is 0.125. The molecule has 2 aromatic heterocycles. The van der Waals surface area contributed by atoms with Crippen LogP contribution in [0.15, 0.2) is 53.3 Å². The predicted octanol–water partition coefficient (Wildman–Crippen LogP) is 2.66. The van der Waals surface area contributed by atoms with Gasteiger partial charge in [0.05, 0.1) is 18.7 Å². The topological polar surface area (TPSA) is 66.6 Å². The van der Waals surface area contributed by atoms with Gasteiger partial charge in [-0.15, -0.1) is 0 Å². The van der Waals surface area contributed by atoms with Crippen LogP contribution >= 0.6 is 15.9 Å². The van der Waals surface area contributed by atoms with Gasteiger partial charge in [0.1, 0.15) is 0 Å². The average molecular weight is 360 g/mol. The Morgan fingerprint density at radius 1 is 1.27 bits per heavy atom. The lowest BCUT2D eigenvalue weighted by molar-refractivity contribution is -0.120. The zero-order valence-corrected chi connectivity index (χ0v) is 13.2.